The van der Waals surface area contributed by atoms with Gasteiger partial charge < -0.3 is 4.74 Å². The molecule has 106 valence electrons. The second kappa shape index (κ2) is 6.46. The van der Waals surface area contributed by atoms with E-state index in [0.29, 0.717) is 10.2 Å². The lowest BCUT2D eigenvalue weighted by atomic mass is 9.99. The van der Waals surface area contributed by atoms with Crippen LogP contribution in [0.2, 0.25) is 0 Å². The van der Waals surface area contributed by atoms with E-state index < -0.39 is 5.38 Å². The Morgan fingerprint density at radius 2 is 1.85 bits per heavy atom. The number of hydrogen-bond acceptors (Lipinski definition) is 1. The number of alkyl halides is 1. The van der Waals surface area contributed by atoms with Gasteiger partial charge in [-0.1, -0.05) is 28.1 Å². The fraction of sp³-hybridized carbons (Fsp3) is 0.200. The first-order chi connectivity index (χ1) is 9.45. The highest BCUT2D eigenvalue weighted by atomic mass is 79.9. The van der Waals surface area contributed by atoms with E-state index in [4.69, 9.17) is 16.3 Å². The second-order valence-corrected chi connectivity index (χ2v) is 6.47. The Labute approximate surface area is 139 Å². The summed E-state index contributed by atoms with van der Waals surface area (Å²) in [5.41, 5.74) is 2.73. The fourth-order valence-electron chi connectivity index (χ4n) is 1.99. The Balaban J connectivity index is 2.55. The zero-order valence-corrected chi connectivity index (χ0v) is 14.8. The average molecular weight is 423 g/mol. The first kappa shape index (κ1) is 15.8. The predicted octanol–water partition coefficient (Wildman–Crippen LogP) is 6.00. The van der Waals surface area contributed by atoms with Crippen molar-refractivity contribution in [1.82, 2.24) is 0 Å². The van der Waals surface area contributed by atoms with Gasteiger partial charge in [0.05, 0.1) is 17.0 Å². The Bertz CT molecular complexity index is 646. The van der Waals surface area contributed by atoms with E-state index in [-0.39, 0.29) is 5.82 Å². The molecule has 0 aliphatic carbocycles. The molecule has 5 heteroatoms. The summed E-state index contributed by atoms with van der Waals surface area (Å²) in [6.45, 7) is 1.99. The van der Waals surface area contributed by atoms with Gasteiger partial charge in [0.2, 0.25) is 0 Å². The summed E-state index contributed by atoms with van der Waals surface area (Å²) in [7, 11) is 1.50. The molecule has 2 aromatic carbocycles. The summed E-state index contributed by atoms with van der Waals surface area (Å²) in [5.74, 6) is 0.0607. The smallest absolute Gasteiger partial charge is 0.141 e. The summed E-state index contributed by atoms with van der Waals surface area (Å²) < 4.78 is 20.2. The number of rotatable bonds is 3. The Morgan fingerprint density at radius 3 is 2.50 bits per heavy atom. The zero-order valence-electron chi connectivity index (χ0n) is 10.9. The Kier molecular flexibility index (Phi) is 5.10. The molecular formula is C15H12Br2ClFO. The minimum absolute atomic E-state index is 0.367. The summed E-state index contributed by atoms with van der Waals surface area (Å²) in [4.78, 5) is 0. The molecule has 0 saturated heterocycles. The molecule has 0 bridgehead atoms. The van der Waals surface area contributed by atoms with Crippen LogP contribution >= 0.6 is 43.5 Å². The standard InChI is InChI=1S/C15H12Br2ClFO/c1-8-9(4-3-5-11(8)16)15(18)10-6-12(17)13(19)7-14(10)20-2/h3-7,15H,1-2H3. The van der Waals surface area contributed by atoms with Crippen molar-refractivity contribution in [3.8, 4) is 5.75 Å². The van der Waals surface area contributed by atoms with Crippen LogP contribution in [0.25, 0.3) is 0 Å². The van der Waals surface area contributed by atoms with E-state index in [1.165, 1.54) is 13.2 Å². The minimum atomic E-state index is -0.417. The summed E-state index contributed by atoms with van der Waals surface area (Å²) in [6.07, 6.45) is 0. The van der Waals surface area contributed by atoms with Crippen LogP contribution in [0.1, 0.15) is 22.1 Å². The molecule has 0 spiro atoms. The lowest BCUT2D eigenvalue weighted by Gasteiger charge is -2.17. The lowest BCUT2D eigenvalue weighted by Crippen LogP contribution is -2.01. The lowest BCUT2D eigenvalue weighted by molar-refractivity contribution is 0.406. The monoisotopic (exact) mass is 420 g/mol. The van der Waals surface area contributed by atoms with Gasteiger partial charge in [-0.3, -0.25) is 0 Å². The third-order valence-electron chi connectivity index (χ3n) is 3.13. The van der Waals surface area contributed by atoms with Crippen molar-refractivity contribution in [2.45, 2.75) is 12.3 Å². The van der Waals surface area contributed by atoms with Crippen molar-refractivity contribution in [2.24, 2.45) is 0 Å². The molecule has 0 amide bonds. The van der Waals surface area contributed by atoms with Crippen molar-refractivity contribution < 1.29 is 9.13 Å². The topological polar surface area (TPSA) is 9.23 Å². The molecule has 1 nitrogen and oxygen atoms in total. The largest absolute Gasteiger partial charge is 0.496 e. The van der Waals surface area contributed by atoms with Crippen molar-refractivity contribution in [1.29, 1.82) is 0 Å². The quantitative estimate of drug-likeness (QED) is 0.552. The van der Waals surface area contributed by atoms with Crippen molar-refractivity contribution in [3.05, 3.63) is 61.8 Å². The van der Waals surface area contributed by atoms with E-state index in [1.54, 1.807) is 6.07 Å². The third-order valence-corrected chi connectivity index (χ3v) is 5.07. The molecule has 0 heterocycles. The number of benzene rings is 2. The van der Waals surface area contributed by atoms with Gasteiger partial charge in [0, 0.05) is 16.1 Å². The highest BCUT2D eigenvalue weighted by Gasteiger charge is 2.20. The van der Waals surface area contributed by atoms with E-state index in [9.17, 15) is 4.39 Å². The summed E-state index contributed by atoms with van der Waals surface area (Å²) in [5, 5.41) is -0.417. The number of hydrogen-bond donors (Lipinski definition) is 0. The first-order valence-corrected chi connectivity index (χ1v) is 7.90. The van der Waals surface area contributed by atoms with Gasteiger partial charge in [-0.15, -0.1) is 11.6 Å². The van der Waals surface area contributed by atoms with Gasteiger partial charge >= 0.3 is 0 Å². The third kappa shape index (κ3) is 3.02. The Hall–Kier alpha value is -0.580. The molecule has 1 atom stereocenters. The first-order valence-electron chi connectivity index (χ1n) is 5.87. The average Bonchev–Trinajstić information content (AvgIpc) is 2.43. The highest BCUT2D eigenvalue weighted by Crippen LogP contribution is 2.40. The van der Waals surface area contributed by atoms with Gasteiger partial charge in [0.1, 0.15) is 11.6 Å². The van der Waals surface area contributed by atoms with Gasteiger partial charge in [-0.05, 0) is 46.1 Å². The van der Waals surface area contributed by atoms with Crippen LogP contribution in [0, 0.1) is 12.7 Å². The van der Waals surface area contributed by atoms with Gasteiger partial charge in [-0.25, -0.2) is 4.39 Å². The predicted molar refractivity (Wildman–Crippen MR) is 87.2 cm³/mol. The molecule has 0 fully saturated rings. The van der Waals surface area contributed by atoms with Crippen molar-refractivity contribution in [2.75, 3.05) is 7.11 Å². The molecule has 0 aliphatic heterocycles. The second-order valence-electron chi connectivity index (χ2n) is 4.32. The zero-order chi connectivity index (χ0) is 14.9. The van der Waals surface area contributed by atoms with Crippen molar-refractivity contribution >= 4 is 43.5 Å². The van der Waals surface area contributed by atoms with Crippen LogP contribution in [0.15, 0.2) is 39.3 Å². The van der Waals surface area contributed by atoms with Crippen LogP contribution in [-0.4, -0.2) is 7.11 Å². The van der Waals surface area contributed by atoms with E-state index in [0.717, 1.165) is 21.2 Å². The summed E-state index contributed by atoms with van der Waals surface area (Å²) >= 11 is 13.2. The van der Waals surface area contributed by atoms with Gasteiger partial charge in [-0.2, -0.15) is 0 Å². The molecule has 2 aromatic rings. The Morgan fingerprint density at radius 1 is 1.15 bits per heavy atom. The van der Waals surface area contributed by atoms with E-state index in [2.05, 4.69) is 31.9 Å². The summed E-state index contributed by atoms with van der Waals surface area (Å²) in [6, 6.07) is 8.83. The fourth-order valence-corrected chi connectivity index (χ4v) is 3.13. The van der Waals surface area contributed by atoms with E-state index >= 15 is 0 Å². The number of ether oxygens (including phenoxy) is 1. The minimum Gasteiger partial charge on any atom is -0.496 e. The van der Waals surface area contributed by atoms with Crippen LogP contribution in [0.4, 0.5) is 4.39 Å². The number of halogens is 4. The molecule has 1 unspecified atom stereocenters. The van der Waals surface area contributed by atoms with Crippen LogP contribution in [0.3, 0.4) is 0 Å². The molecule has 0 N–H and O–H groups in total. The molecule has 0 radical (unpaired) electrons. The van der Waals surface area contributed by atoms with Crippen LogP contribution in [0.5, 0.6) is 5.75 Å². The van der Waals surface area contributed by atoms with Gasteiger partial charge in [0.15, 0.2) is 0 Å². The molecular weight excluding hydrogens is 410 g/mol. The van der Waals surface area contributed by atoms with E-state index in [1.807, 2.05) is 25.1 Å². The maximum atomic E-state index is 13.6. The van der Waals surface area contributed by atoms with Crippen LogP contribution < -0.4 is 4.74 Å². The maximum absolute atomic E-state index is 13.6. The van der Waals surface area contributed by atoms with Crippen molar-refractivity contribution in [3.63, 3.8) is 0 Å². The molecule has 2 rings (SSSR count). The normalized spacial score (nSPS) is 12.3. The molecule has 20 heavy (non-hydrogen) atoms. The SMILES string of the molecule is COc1cc(F)c(Br)cc1C(Cl)c1cccc(Br)c1C. The highest BCUT2D eigenvalue weighted by molar-refractivity contribution is 9.10. The van der Waals surface area contributed by atoms with Gasteiger partial charge in [0.25, 0.3) is 0 Å². The molecule has 0 aliphatic rings. The number of methoxy groups -OCH3 is 1. The van der Waals surface area contributed by atoms with Crippen LogP contribution in [-0.2, 0) is 0 Å². The molecule has 0 saturated carbocycles. The molecule has 0 aromatic heterocycles. The maximum Gasteiger partial charge on any atom is 0.141 e.